The molecule has 2 heteroatoms. The molecule has 24 heavy (non-hydrogen) atoms. The van der Waals surface area contributed by atoms with E-state index in [1.54, 1.807) is 0 Å². The van der Waals surface area contributed by atoms with Gasteiger partial charge in [0.1, 0.15) is 6.54 Å². The minimum Gasteiger partial charge on any atom is -0.358 e. The molecular formula is C22H34N2+. The molecule has 0 amide bonds. The van der Waals surface area contributed by atoms with Crippen LogP contribution in [0.2, 0.25) is 0 Å². The molecule has 1 aromatic heterocycles. The highest BCUT2D eigenvalue weighted by Gasteiger charge is 2.10. The fraction of sp³-hybridized carbons (Fsp3) is 0.545. The number of rotatable bonds is 11. The molecule has 0 atom stereocenters. The van der Waals surface area contributed by atoms with Gasteiger partial charge < -0.3 is 4.90 Å². The first-order valence-corrected chi connectivity index (χ1v) is 9.74. The quantitative estimate of drug-likeness (QED) is 0.390. The zero-order chi connectivity index (χ0) is 17.0. The van der Waals surface area contributed by atoms with Crippen LogP contribution in [0, 0.1) is 5.92 Å². The van der Waals surface area contributed by atoms with Gasteiger partial charge in [-0.05, 0) is 12.0 Å². The van der Waals surface area contributed by atoms with Gasteiger partial charge in [0.25, 0.3) is 0 Å². The van der Waals surface area contributed by atoms with Crippen LogP contribution >= 0.6 is 0 Å². The Labute approximate surface area is 148 Å². The summed E-state index contributed by atoms with van der Waals surface area (Å²) in [5.74, 6) is 1.28. The zero-order valence-corrected chi connectivity index (χ0v) is 15.6. The monoisotopic (exact) mass is 326 g/mol. The number of hydrogen-bond acceptors (Lipinski definition) is 1. The molecule has 0 bridgehead atoms. The summed E-state index contributed by atoms with van der Waals surface area (Å²) in [5.41, 5.74) is 1.29. The number of allylic oxidation sites excluding steroid dienone is 2. The number of aryl methyl sites for hydroxylation is 1. The Hall–Kier alpha value is -1.57. The number of unbranched alkanes of at least 4 members (excludes halogenated alkanes) is 8. The second kappa shape index (κ2) is 11.1. The van der Waals surface area contributed by atoms with Gasteiger partial charge in [0, 0.05) is 38.0 Å². The molecule has 1 radical (unpaired) electrons. The Balaban J connectivity index is 1.59. The van der Waals surface area contributed by atoms with Gasteiger partial charge in [-0.1, -0.05) is 64.0 Å². The summed E-state index contributed by atoms with van der Waals surface area (Å²) < 4.78 is 2.31. The summed E-state index contributed by atoms with van der Waals surface area (Å²) in [6.45, 7) is 3.42. The van der Waals surface area contributed by atoms with E-state index in [0.29, 0.717) is 0 Å². The molecule has 0 aromatic carbocycles. The summed E-state index contributed by atoms with van der Waals surface area (Å²) in [6, 6.07) is 4.45. The fourth-order valence-electron chi connectivity index (χ4n) is 3.10. The highest BCUT2D eigenvalue weighted by atomic mass is 15.0. The molecule has 0 aliphatic carbocycles. The van der Waals surface area contributed by atoms with Crippen LogP contribution in [0.15, 0.2) is 49.1 Å². The Morgan fingerprint density at radius 3 is 1.92 bits per heavy atom. The van der Waals surface area contributed by atoms with Crippen molar-refractivity contribution >= 4 is 0 Å². The second-order valence-electron chi connectivity index (χ2n) is 6.91. The largest absolute Gasteiger partial charge is 0.358 e. The van der Waals surface area contributed by atoms with Crippen LogP contribution in [0.1, 0.15) is 70.3 Å². The van der Waals surface area contributed by atoms with Gasteiger partial charge in [-0.3, -0.25) is 0 Å². The maximum absolute atomic E-state index is 2.31. The van der Waals surface area contributed by atoms with Gasteiger partial charge in [0.15, 0.2) is 12.4 Å². The normalized spacial score (nSPS) is 14.5. The molecule has 0 N–H and O–H groups in total. The number of pyridine rings is 1. The Kier molecular flexibility index (Phi) is 8.65. The first kappa shape index (κ1) is 18.8. The predicted octanol–water partition coefficient (Wildman–Crippen LogP) is 5.40. The van der Waals surface area contributed by atoms with E-state index < -0.39 is 0 Å². The van der Waals surface area contributed by atoms with E-state index in [1.807, 2.05) is 7.05 Å². The van der Waals surface area contributed by atoms with Crippen LogP contribution in [0.3, 0.4) is 0 Å². The van der Waals surface area contributed by atoms with Crippen molar-refractivity contribution in [2.24, 2.45) is 0 Å². The van der Waals surface area contributed by atoms with E-state index in [2.05, 4.69) is 65.5 Å². The van der Waals surface area contributed by atoms with Crippen molar-refractivity contribution in [1.29, 1.82) is 0 Å². The number of aromatic nitrogens is 1. The van der Waals surface area contributed by atoms with Crippen molar-refractivity contribution in [2.45, 2.75) is 71.3 Å². The van der Waals surface area contributed by atoms with Gasteiger partial charge in [0.2, 0.25) is 0 Å². The molecule has 0 fully saturated rings. The molecule has 0 spiro atoms. The number of nitrogens with zero attached hydrogens (tertiary/aromatic N) is 2. The maximum atomic E-state index is 2.31. The third-order valence-corrected chi connectivity index (χ3v) is 4.72. The lowest BCUT2D eigenvalue weighted by molar-refractivity contribution is -0.697. The molecule has 2 heterocycles. The second-order valence-corrected chi connectivity index (χ2v) is 6.91. The van der Waals surface area contributed by atoms with Crippen LogP contribution in [0.25, 0.3) is 0 Å². The van der Waals surface area contributed by atoms with E-state index in [9.17, 15) is 0 Å². The average Bonchev–Trinajstić information content (AvgIpc) is 2.62. The number of hydrogen-bond donors (Lipinski definition) is 0. The topological polar surface area (TPSA) is 7.12 Å². The molecule has 131 valence electrons. The first-order valence-electron chi connectivity index (χ1n) is 9.74. The lowest BCUT2D eigenvalue weighted by Crippen LogP contribution is -2.32. The van der Waals surface area contributed by atoms with Gasteiger partial charge >= 0.3 is 0 Å². The smallest absolute Gasteiger partial charge is 0.169 e. The Morgan fingerprint density at radius 1 is 0.792 bits per heavy atom. The predicted molar refractivity (Wildman–Crippen MR) is 102 cm³/mol. The van der Waals surface area contributed by atoms with Crippen LogP contribution in [-0.2, 0) is 6.54 Å². The average molecular weight is 327 g/mol. The minimum atomic E-state index is 1.14. The third kappa shape index (κ3) is 6.90. The summed E-state index contributed by atoms with van der Waals surface area (Å²) in [6.07, 6.45) is 25.5. The Bertz CT molecular complexity index is 487. The summed E-state index contributed by atoms with van der Waals surface area (Å²) in [7, 11) is 2.05. The Morgan fingerprint density at radius 2 is 1.33 bits per heavy atom. The molecule has 0 saturated carbocycles. The zero-order valence-electron chi connectivity index (χ0n) is 15.6. The van der Waals surface area contributed by atoms with Crippen LogP contribution < -0.4 is 4.57 Å². The van der Waals surface area contributed by atoms with E-state index in [0.717, 1.165) is 6.54 Å². The maximum Gasteiger partial charge on any atom is 0.169 e. The molecule has 1 aromatic rings. The molecule has 1 aliphatic rings. The SMILES string of the molecule is CCCCCCCCCCC[n+]1ccc([C]2C=CN(C)C=C2)cc1. The van der Waals surface area contributed by atoms with Crippen LogP contribution in [0.4, 0.5) is 0 Å². The van der Waals surface area contributed by atoms with Crippen molar-refractivity contribution in [3.63, 3.8) is 0 Å². The van der Waals surface area contributed by atoms with Gasteiger partial charge in [-0.25, -0.2) is 4.57 Å². The standard InChI is InChI=1S/C22H34N2/c1-3-4-5-6-7-8-9-10-11-16-24-19-14-22(15-20-24)21-12-17-23(2)18-13-21/h12-15,17-20H,3-11,16H2,1-2H3/q+1. The van der Waals surface area contributed by atoms with Crippen LogP contribution in [-0.4, -0.2) is 11.9 Å². The van der Waals surface area contributed by atoms with Crippen LogP contribution in [0.5, 0.6) is 0 Å². The summed E-state index contributed by atoms with van der Waals surface area (Å²) in [5, 5.41) is 0. The molecule has 2 rings (SSSR count). The van der Waals surface area contributed by atoms with E-state index in [-0.39, 0.29) is 0 Å². The van der Waals surface area contributed by atoms with E-state index in [4.69, 9.17) is 0 Å². The molecule has 0 saturated heterocycles. The summed E-state index contributed by atoms with van der Waals surface area (Å²) >= 11 is 0. The molecular weight excluding hydrogens is 292 g/mol. The van der Waals surface area contributed by atoms with E-state index >= 15 is 0 Å². The van der Waals surface area contributed by atoms with Crippen molar-refractivity contribution in [1.82, 2.24) is 4.90 Å². The van der Waals surface area contributed by atoms with Gasteiger partial charge in [-0.2, -0.15) is 0 Å². The minimum absolute atomic E-state index is 1.14. The third-order valence-electron chi connectivity index (χ3n) is 4.72. The fourth-order valence-corrected chi connectivity index (χ4v) is 3.10. The first-order chi connectivity index (χ1) is 11.8. The molecule has 2 nitrogen and oxygen atoms in total. The van der Waals surface area contributed by atoms with Crippen molar-refractivity contribution in [3.8, 4) is 0 Å². The molecule has 1 aliphatic heterocycles. The van der Waals surface area contributed by atoms with Crippen molar-refractivity contribution in [2.75, 3.05) is 7.05 Å². The highest BCUT2D eigenvalue weighted by Crippen LogP contribution is 2.20. The van der Waals surface area contributed by atoms with Crippen molar-refractivity contribution < 1.29 is 4.57 Å². The van der Waals surface area contributed by atoms with Crippen molar-refractivity contribution in [3.05, 3.63) is 60.6 Å². The lowest BCUT2D eigenvalue weighted by atomic mass is 9.99. The summed E-state index contributed by atoms with van der Waals surface area (Å²) in [4.78, 5) is 2.07. The van der Waals surface area contributed by atoms with E-state index in [1.165, 1.54) is 69.3 Å². The van der Waals surface area contributed by atoms with Gasteiger partial charge in [0.05, 0.1) is 5.92 Å². The van der Waals surface area contributed by atoms with Gasteiger partial charge in [-0.15, -0.1) is 0 Å². The lowest BCUT2D eigenvalue weighted by Gasteiger charge is -2.16. The highest BCUT2D eigenvalue weighted by molar-refractivity contribution is 5.43. The molecule has 0 unspecified atom stereocenters.